The van der Waals surface area contributed by atoms with Gasteiger partial charge in [0.1, 0.15) is 6.34 Å². The monoisotopic (exact) mass is 267 g/mol. The van der Waals surface area contributed by atoms with Gasteiger partial charge in [-0.25, -0.2) is 4.99 Å². The Bertz CT molecular complexity index is 622. The largest absolute Gasteiger partial charge is 0.392 e. The number of hydrazine groups is 1. The number of aliphatic hydroxyl groups excluding tert-OH is 1. The summed E-state index contributed by atoms with van der Waals surface area (Å²) in [6.07, 6.45) is 1.59. The van der Waals surface area contributed by atoms with Crippen molar-refractivity contribution in [2.24, 2.45) is 4.99 Å². The van der Waals surface area contributed by atoms with Crippen molar-refractivity contribution in [2.45, 2.75) is 19.7 Å². The Morgan fingerprint density at radius 1 is 1.15 bits per heavy atom. The van der Waals surface area contributed by atoms with Crippen LogP contribution in [-0.4, -0.2) is 11.4 Å². The predicted octanol–water partition coefficient (Wildman–Crippen LogP) is 2.54. The van der Waals surface area contributed by atoms with E-state index in [0.29, 0.717) is 0 Å². The van der Waals surface area contributed by atoms with Crippen LogP contribution in [0.25, 0.3) is 0 Å². The quantitative estimate of drug-likeness (QED) is 0.898. The van der Waals surface area contributed by atoms with E-state index >= 15 is 0 Å². The third-order valence-electron chi connectivity index (χ3n) is 3.45. The molecule has 0 bridgehead atoms. The molecule has 0 radical (unpaired) electrons. The topological polar surface area (TPSA) is 47.9 Å². The highest BCUT2D eigenvalue weighted by molar-refractivity contribution is 5.67. The maximum absolute atomic E-state index is 9.48. The normalized spacial score (nSPS) is 17.3. The van der Waals surface area contributed by atoms with E-state index < -0.39 is 0 Å². The van der Waals surface area contributed by atoms with Crippen molar-refractivity contribution in [2.75, 3.05) is 5.01 Å². The molecular weight excluding hydrogens is 250 g/mol. The average molecular weight is 267 g/mol. The Hall–Kier alpha value is -2.33. The molecule has 20 heavy (non-hydrogen) atoms. The fourth-order valence-corrected chi connectivity index (χ4v) is 2.36. The Morgan fingerprint density at radius 3 is 2.65 bits per heavy atom. The van der Waals surface area contributed by atoms with Crippen LogP contribution in [-0.2, 0) is 6.61 Å². The van der Waals surface area contributed by atoms with Crippen LogP contribution in [0, 0.1) is 6.92 Å². The number of para-hydroxylation sites is 1. The van der Waals surface area contributed by atoms with Gasteiger partial charge < -0.3 is 5.11 Å². The molecule has 1 atom stereocenters. The van der Waals surface area contributed by atoms with E-state index in [0.717, 1.165) is 16.8 Å². The molecule has 0 saturated carbocycles. The molecule has 1 aliphatic rings. The maximum atomic E-state index is 9.48. The van der Waals surface area contributed by atoms with Crippen LogP contribution in [0.3, 0.4) is 0 Å². The number of anilines is 1. The minimum Gasteiger partial charge on any atom is -0.392 e. The standard InChI is InChI=1S/C16H17N3O/c1-12-6-8-13(9-7-12)16-17-11-18-19(16)15-5-3-2-4-14(15)10-20/h2-9,11,16,20H,10H2,1H3,(H,17,18). The van der Waals surface area contributed by atoms with Crippen LogP contribution in [0.4, 0.5) is 5.69 Å². The first-order chi connectivity index (χ1) is 9.79. The van der Waals surface area contributed by atoms with Gasteiger partial charge in [-0.1, -0.05) is 48.0 Å². The molecule has 1 aliphatic heterocycles. The maximum Gasteiger partial charge on any atom is 0.167 e. The molecule has 0 saturated heterocycles. The van der Waals surface area contributed by atoms with Crippen molar-refractivity contribution >= 4 is 12.0 Å². The highest BCUT2D eigenvalue weighted by atomic mass is 16.3. The summed E-state index contributed by atoms with van der Waals surface area (Å²) < 4.78 is 0. The van der Waals surface area contributed by atoms with Gasteiger partial charge in [-0.2, -0.15) is 0 Å². The first kappa shape index (κ1) is 12.7. The zero-order valence-corrected chi connectivity index (χ0v) is 11.3. The molecule has 1 unspecified atom stereocenters. The smallest absolute Gasteiger partial charge is 0.167 e. The predicted molar refractivity (Wildman–Crippen MR) is 80.4 cm³/mol. The van der Waals surface area contributed by atoms with E-state index in [2.05, 4.69) is 41.6 Å². The van der Waals surface area contributed by atoms with Crippen molar-refractivity contribution in [3.63, 3.8) is 0 Å². The van der Waals surface area contributed by atoms with Gasteiger partial charge in [-0.05, 0) is 18.6 Å². The van der Waals surface area contributed by atoms with Gasteiger partial charge in [-0.3, -0.25) is 10.4 Å². The lowest BCUT2D eigenvalue weighted by molar-refractivity contribution is 0.282. The van der Waals surface area contributed by atoms with Crippen molar-refractivity contribution in [1.29, 1.82) is 0 Å². The van der Waals surface area contributed by atoms with Gasteiger partial charge in [0.15, 0.2) is 6.17 Å². The number of aryl methyl sites for hydroxylation is 1. The molecule has 3 rings (SSSR count). The van der Waals surface area contributed by atoms with Gasteiger partial charge in [0.25, 0.3) is 0 Å². The van der Waals surface area contributed by atoms with Gasteiger partial charge in [-0.15, -0.1) is 0 Å². The van der Waals surface area contributed by atoms with Crippen LogP contribution in [0.15, 0.2) is 53.5 Å². The summed E-state index contributed by atoms with van der Waals surface area (Å²) in [5.41, 5.74) is 7.30. The average Bonchev–Trinajstić information content (AvgIpc) is 2.97. The molecule has 2 aromatic carbocycles. The lowest BCUT2D eigenvalue weighted by atomic mass is 10.1. The summed E-state index contributed by atoms with van der Waals surface area (Å²) in [6, 6.07) is 16.1. The summed E-state index contributed by atoms with van der Waals surface area (Å²) in [7, 11) is 0. The van der Waals surface area contributed by atoms with Crippen molar-refractivity contribution in [3.8, 4) is 0 Å². The van der Waals surface area contributed by atoms with Crippen molar-refractivity contribution < 1.29 is 5.11 Å². The summed E-state index contributed by atoms with van der Waals surface area (Å²) in [5, 5.41) is 11.4. The molecule has 0 spiro atoms. The van der Waals surface area contributed by atoms with E-state index in [1.54, 1.807) is 6.34 Å². The second kappa shape index (κ2) is 5.35. The minimum absolute atomic E-state index is 0.00890. The van der Waals surface area contributed by atoms with Gasteiger partial charge in [0.2, 0.25) is 0 Å². The van der Waals surface area contributed by atoms with E-state index in [9.17, 15) is 5.11 Å². The first-order valence-corrected chi connectivity index (χ1v) is 6.62. The molecule has 4 heteroatoms. The lowest BCUT2D eigenvalue weighted by Crippen LogP contribution is -2.34. The number of benzene rings is 2. The molecule has 0 amide bonds. The van der Waals surface area contributed by atoms with Gasteiger partial charge in [0.05, 0.1) is 12.3 Å². The summed E-state index contributed by atoms with van der Waals surface area (Å²) in [6.45, 7) is 2.08. The van der Waals surface area contributed by atoms with Gasteiger partial charge >= 0.3 is 0 Å². The van der Waals surface area contributed by atoms with Crippen molar-refractivity contribution in [3.05, 3.63) is 65.2 Å². The van der Waals surface area contributed by atoms with E-state index in [4.69, 9.17) is 0 Å². The molecule has 4 nitrogen and oxygen atoms in total. The number of nitrogens with one attached hydrogen (secondary N) is 1. The highest BCUT2D eigenvalue weighted by Gasteiger charge is 2.24. The minimum atomic E-state index is -0.108. The Morgan fingerprint density at radius 2 is 1.90 bits per heavy atom. The first-order valence-electron chi connectivity index (χ1n) is 6.62. The molecule has 0 fully saturated rings. The number of hydrogen-bond donors (Lipinski definition) is 2. The summed E-state index contributed by atoms with van der Waals surface area (Å²) >= 11 is 0. The number of aliphatic imine (C=N–C) groups is 1. The van der Waals surface area contributed by atoms with E-state index in [-0.39, 0.29) is 12.8 Å². The third kappa shape index (κ3) is 2.26. The molecule has 2 aromatic rings. The Kier molecular flexibility index (Phi) is 3.39. The molecule has 0 aliphatic carbocycles. The second-order valence-corrected chi connectivity index (χ2v) is 4.85. The van der Waals surface area contributed by atoms with Crippen LogP contribution in [0.5, 0.6) is 0 Å². The SMILES string of the molecule is Cc1ccc(C2N=CNN2c2ccccc2CO)cc1. The number of nitrogens with zero attached hydrogens (tertiary/aromatic N) is 2. The van der Waals surface area contributed by atoms with Crippen LogP contribution >= 0.6 is 0 Å². The highest BCUT2D eigenvalue weighted by Crippen LogP contribution is 2.31. The number of rotatable bonds is 3. The van der Waals surface area contributed by atoms with Gasteiger partial charge in [0, 0.05) is 5.56 Å². The van der Waals surface area contributed by atoms with E-state index in [1.165, 1.54) is 5.56 Å². The molecule has 102 valence electrons. The van der Waals surface area contributed by atoms with Crippen LogP contribution in [0.2, 0.25) is 0 Å². The fraction of sp³-hybridized carbons (Fsp3) is 0.188. The zero-order valence-electron chi connectivity index (χ0n) is 11.3. The Labute approximate surface area is 118 Å². The summed E-state index contributed by atoms with van der Waals surface area (Å²) in [5.74, 6) is 0. The van der Waals surface area contributed by atoms with Crippen LogP contribution < -0.4 is 10.4 Å². The zero-order chi connectivity index (χ0) is 13.9. The number of aliphatic hydroxyl groups is 1. The summed E-state index contributed by atoms with van der Waals surface area (Å²) in [4.78, 5) is 4.48. The number of hydrogen-bond acceptors (Lipinski definition) is 4. The lowest BCUT2D eigenvalue weighted by Gasteiger charge is -2.27. The second-order valence-electron chi connectivity index (χ2n) is 4.85. The third-order valence-corrected chi connectivity index (χ3v) is 3.45. The molecule has 2 N–H and O–H groups in total. The Balaban J connectivity index is 1.95. The van der Waals surface area contributed by atoms with E-state index in [1.807, 2.05) is 29.3 Å². The fourth-order valence-electron chi connectivity index (χ4n) is 2.36. The molecular formula is C16H17N3O. The molecule has 0 aromatic heterocycles. The van der Waals surface area contributed by atoms with Crippen molar-refractivity contribution in [1.82, 2.24) is 5.43 Å². The van der Waals surface area contributed by atoms with Crippen LogP contribution in [0.1, 0.15) is 22.9 Å². The molecule has 1 heterocycles.